The minimum Gasteiger partial charge on any atom is -0.481 e. The number of anilines is 1. The van der Waals surface area contributed by atoms with Gasteiger partial charge in [-0.1, -0.05) is 6.92 Å². The predicted molar refractivity (Wildman–Crippen MR) is 69.6 cm³/mol. The average Bonchev–Trinajstić information content (AvgIpc) is 2.89. The highest BCUT2D eigenvalue weighted by Crippen LogP contribution is 2.30. The Kier molecular flexibility index (Phi) is 3.81. The average molecular weight is 249 g/mol. The van der Waals surface area contributed by atoms with E-state index >= 15 is 0 Å². The molecule has 1 fully saturated rings. The lowest BCUT2D eigenvalue weighted by Crippen LogP contribution is -2.37. The number of nitrogens with zero attached hydrogens (tertiary/aromatic N) is 1. The first kappa shape index (κ1) is 12.8. The van der Waals surface area contributed by atoms with Gasteiger partial charge in [0.25, 0.3) is 0 Å². The minimum absolute atomic E-state index is 0.0713. The molecule has 0 spiro atoms. The lowest BCUT2D eigenvalue weighted by atomic mass is 9.83. The first-order valence-corrected chi connectivity index (χ1v) is 6.22. The second-order valence-electron chi connectivity index (χ2n) is 4.60. The summed E-state index contributed by atoms with van der Waals surface area (Å²) in [7, 11) is 1.57. The lowest BCUT2D eigenvalue weighted by Gasteiger charge is -2.25. The van der Waals surface area contributed by atoms with Gasteiger partial charge >= 0.3 is 0 Å². The number of ether oxygens (including phenoxy) is 1. The summed E-state index contributed by atoms with van der Waals surface area (Å²) < 4.78 is 4.98. The van der Waals surface area contributed by atoms with Gasteiger partial charge in [0.15, 0.2) is 0 Å². The van der Waals surface area contributed by atoms with Crippen molar-refractivity contribution in [2.24, 2.45) is 5.41 Å². The van der Waals surface area contributed by atoms with E-state index in [9.17, 15) is 4.79 Å². The van der Waals surface area contributed by atoms with Crippen LogP contribution in [0.15, 0.2) is 18.3 Å². The molecule has 1 aliphatic heterocycles. The monoisotopic (exact) mass is 249 g/mol. The van der Waals surface area contributed by atoms with E-state index < -0.39 is 0 Å². The van der Waals surface area contributed by atoms with Crippen molar-refractivity contribution in [3.8, 4) is 5.88 Å². The Labute approximate surface area is 107 Å². The van der Waals surface area contributed by atoms with Crippen molar-refractivity contribution >= 4 is 11.6 Å². The quantitative estimate of drug-likeness (QED) is 0.847. The van der Waals surface area contributed by atoms with Crippen LogP contribution in [0.25, 0.3) is 0 Å². The Morgan fingerprint density at radius 2 is 2.44 bits per heavy atom. The highest BCUT2D eigenvalue weighted by molar-refractivity contribution is 5.95. The normalized spacial score (nSPS) is 22.8. The second-order valence-corrected chi connectivity index (χ2v) is 4.60. The summed E-state index contributed by atoms with van der Waals surface area (Å²) in [5, 5.41) is 6.18. The lowest BCUT2D eigenvalue weighted by molar-refractivity contribution is -0.124. The Morgan fingerprint density at radius 3 is 2.94 bits per heavy atom. The van der Waals surface area contributed by atoms with E-state index in [1.54, 1.807) is 25.4 Å². The zero-order valence-electron chi connectivity index (χ0n) is 10.8. The largest absolute Gasteiger partial charge is 0.481 e. The molecule has 5 heteroatoms. The minimum atomic E-state index is -0.278. The maximum atomic E-state index is 12.3. The molecule has 0 bridgehead atoms. The van der Waals surface area contributed by atoms with Crippen molar-refractivity contribution in [3.05, 3.63) is 18.3 Å². The van der Waals surface area contributed by atoms with Crippen LogP contribution in [0, 0.1) is 5.41 Å². The van der Waals surface area contributed by atoms with Crippen LogP contribution in [0.4, 0.5) is 5.69 Å². The number of nitrogens with one attached hydrogen (secondary N) is 2. The zero-order valence-corrected chi connectivity index (χ0v) is 10.8. The molecule has 2 N–H and O–H groups in total. The predicted octanol–water partition coefficient (Wildman–Crippen LogP) is 1.42. The van der Waals surface area contributed by atoms with Gasteiger partial charge in [0.2, 0.25) is 11.8 Å². The van der Waals surface area contributed by atoms with Crippen molar-refractivity contribution in [2.75, 3.05) is 25.5 Å². The van der Waals surface area contributed by atoms with Crippen LogP contribution in [0.1, 0.15) is 19.8 Å². The second kappa shape index (κ2) is 5.35. The van der Waals surface area contributed by atoms with E-state index in [1.165, 1.54) is 0 Å². The Balaban J connectivity index is 2.05. The Bertz CT molecular complexity index is 411. The summed E-state index contributed by atoms with van der Waals surface area (Å²) in [5.74, 6) is 0.614. The number of pyridine rings is 1. The molecule has 1 aromatic rings. The fraction of sp³-hybridized carbons (Fsp3) is 0.538. The number of amides is 1. The first-order chi connectivity index (χ1) is 8.70. The number of hydrogen-bond acceptors (Lipinski definition) is 4. The number of methoxy groups -OCH3 is 1. The van der Waals surface area contributed by atoms with Crippen molar-refractivity contribution in [2.45, 2.75) is 19.8 Å². The SMILES string of the molecule is CCC1(C(=O)Nc2ccc(OC)nc2)CCNC1. The summed E-state index contributed by atoms with van der Waals surface area (Å²) in [6, 6.07) is 3.54. The van der Waals surface area contributed by atoms with Gasteiger partial charge in [-0.05, 0) is 25.5 Å². The number of hydrogen-bond donors (Lipinski definition) is 2. The third kappa shape index (κ3) is 2.46. The van der Waals surface area contributed by atoms with Crippen molar-refractivity contribution in [1.82, 2.24) is 10.3 Å². The van der Waals surface area contributed by atoms with E-state index in [2.05, 4.69) is 22.5 Å². The van der Waals surface area contributed by atoms with Crippen molar-refractivity contribution in [3.63, 3.8) is 0 Å². The molecule has 1 aromatic heterocycles. The van der Waals surface area contributed by atoms with Gasteiger partial charge < -0.3 is 15.4 Å². The number of carbonyl (C=O) groups is 1. The van der Waals surface area contributed by atoms with Crippen LogP contribution in [0.3, 0.4) is 0 Å². The molecule has 18 heavy (non-hydrogen) atoms. The van der Waals surface area contributed by atoms with E-state index in [4.69, 9.17) is 4.74 Å². The molecular weight excluding hydrogens is 230 g/mol. The topological polar surface area (TPSA) is 63.2 Å². The van der Waals surface area contributed by atoms with Crippen LogP contribution in [-0.2, 0) is 4.79 Å². The summed E-state index contributed by atoms with van der Waals surface area (Å²) in [4.78, 5) is 16.4. The number of carbonyl (C=O) groups excluding carboxylic acids is 1. The molecule has 1 aliphatic rings. The summed E-state index contributed by atoms with van der Waals surface area (Å²) in [5.41, 5.74) is 0.431. The highest BCUT2D eigenvalue weighted by Gasteiger charge is 2.39. The van der Waals surface area contributed by atoms with Gasteiger partial charge in [0.05, 0.1) is 24.4 Å². The maximum absolute atomic E-state index is 12.3. The molecule has 98 valence electrons. The molecule has 0 aromatic carbocycles. The molecule has 0 aliphatic carbocycles. The van der Waals surface area contributed by atoms with Crippen molar-refractivity contribution < 1.29 is 9.53 Å². The molecule has 1 atom stereocenters. The van der Waals surface area contributed by atoms with E-state index in [1.807, 2.05) is 0 Å². The third-order valence-electron chi connectivity index (χ3n) is 3.61. The fourth-order valence-electron chi connectivity index (χ4n) is 2.24. The third-order valence-corrected chi connectivity index (χ3v) is 3.61. The van der Waals surface area contributed by atoms with Crippen LogP contribution < -0.4 is 15.4 Å². The number of aromatic nitrogens is 1. The van der Waals surface area contributed by atoms with Gasteiger partial charge in [0.1, 0.15) is 0 Å². The van der Waals surface area contributed by atoms with Crippen LogP contribution in [0.5, 0.6) is 5.88 Å². The van der Waals surface area contributed by atoms with Gasteiger partial charge in [-0.3, -0.25) is 4.79 Å². The first-order valence-electron chi connectivity index (χ1n) is 6.22. The molecular formula is C13H19N3O2. The van der Waals surface area contributed by atoms with Gasteiger partial charge in [0, 0.05) is 12.6 Å². The molecule has 0 radical (unpaired) electrons. The Hall–Kier alpha value is -1.62. The van der Waals surface area contributed by atoms with E-state index in [-0.39, 0.29) is 11.3 Å². The summed E-state index contributed by atoms with van der Waals surface area (Å²) in [6.45, 7) is 3.71. The van der Waals surface area contributed by atoms with Crippen molar-refractivity contribution in [1.29, 1.82) is 0 Å². The van der Waals surface area contributed by atoms with Crippen LogP contribution >= 0.6 is 0 Å². The summed E-state index contributed by atoms with van der Waals surface area (Å²) in [6.07, 6.45) is 3.34. The molecule has 2 rings (SSSR count). The van der Waals surface area contributed by atoms with Gasteiger partial charge in [-0.15, -0.1) is 0 Å². The standard InChI is InChI=1S/C13H19N3O2/c1-3-13(6-7-14-9-13)12(17)16-10-4-5-11(18-2)15-8-10/h4-5,8,14H,3,6-7,9H2,1-2H3,(H,16,17). The maximum Gasteiger partial charge on any atom is 0.231 e. The van der Waals surface area contributed by atoms with E-state index in [0.29, 0.717) is 11.6 Å². The van der Waals surface area contributed by atoms with Gasteiger partial charge in [-0.2, -0.15) is 0 Å². The van der Waals surface area contributed by atoms with Crippen LogP contribution in [0.2, 0.25) is 0 Å². The van der Waals surface area contributed by atoms with Crippen LogP contribution in [-0.4, -0.2) is 31.1 Å². The molecule has 1 saturated heterocycles. The van der Waals surface area contributed by atoms with E-state index in [0.717, 1.165) is 25.9 Å². The Morgan fingerprint density at radius 1 is 1.61 bits per heavy atom. The smallest absolute Gasteiger partial charge is 0.231 e. The van der Waals surface area contributed by atoms with Gasteiger partial charge in [-0.25, -0.2) is 4.98 Å². The molecule has 5 nitrogen and oxygen atoms in total. The molecule has 2 heterocycles. The number of rotatable bonds is 4. The molecule has 1 unspecified atom stereocenters. The zero-order chi connectivity index (χ0) is 13.0. The molecule has 0 saturated carbocycles. The molecule has 1 amide bonds. The fourth-order valence-corrected chi connectivity index (χ4v) is 2.24. The highest BCUT2D eigenvalue weighted by atomic mass is 16.5. The summed E-state index contributed by atoms with van der Waals surface area (Å²) >= 11 is 0.